The summed E-state index contributed by atoms with van der Waals surface area (Å²) in [5, 5.41) is 0. The molecule has 1 fully saturated rings. The first kappa shape index (κ1) is 21.8. The lowest BCUT2D eigenvalue weighted by molar-refractivity contribution is 0.0226. The topological polar surface area (TPSA) is 27.7 Å². The van der Waals surface area contributed by atoms with Crippen molar-refractivity contribution < 1.29 is 14.0 Å². The van der Waals surface area contributed by atoms with E-state index in [0.29, 0.717) is 13.2 Å². The van der Waals surface area contributed by atoms with Crippen molar-refractivity contribution in [3.05, 3.63) is 99.6 Å². The summed E-state index contributed by atoms with van der Waals surface area (Å²) in [6, 6.07) is 21.2. The van der Waals surface area contributed by atoms with Gasteiger partial charge in [-0.05, 0) is 73.5 Å². The van der Waals surface area contributed by atoms with Crippen molar-refractivity contribution in [3.8, 4) is 0 Å². The van der Waals surface area contributed by atoms with Gasteiger partial charge in [-0.25, -0.2) is 0 Å². The van der Waals surface area contributed by atoms with Crippen molar-refractivity contribution in [2.45, 2.75) is 46.8 Å². The predicted octanol–water partition coefficient (Wildman–Crippen LogP) is 5.15. The van der Waals surface area contributed by atoms with Gasteiger partial charge in [0.2, 0.25) is 0 Å². The number of hydrogen-bond acceptors (Lipinski definition) is 3. The molecule has 1 aliphatic heterocycles. The zero-order valence-electron chi connectivity index (χ0n) is 19.1. The van der Waals surface area contributed by atoms with Gasteiger partial charge in [-0.2, -0.15) is 0 Å². The molecule has 0 aromatic heterocycles. The van der Waals surface area contributed by atoms with Gasteiger partial charge >= 0.3 is 7.12 Å². The lowest BCUT2D eigenvalue weighted by Crippen LogP contribution is -2.33. The molecule has 0 spiro atoms. The summed E-state index contributed by atoms with van der Waals surface area (Å²) in [5.41, 5.74) is 9.74. The van der Waals surface area contributed by atoms with E-state index >= 15 is 0 Å². The quantitative estimate of drug-likeness (QED) is 0.523. The molecule has 3 nitrogen and oxygen atoms in total. The lowest BCUT2D eigenvalue weighted by atomic mass is 9.79. The van der Waals surface area contributed by atoms with Crippen LogP contribution in [-0.4, -0.2) is 26.4 Å². The van der Waals surface area contributed by atoms with Crippen molar-refractivity contribution in [1.82, 2.24) is 0 Å². The average molecular weight is 414 g/mol. The molecule has 1 aliphatic rings. The molecule has 4 heteroatoms. The van der Waals surface area contributed by atoms with Gasteiger partial charge in [0, 0.05) is 0 Å². The zero-order valence-corrected chi connectivity index (χ0v) is 19.1. The second-order valence-corrected chi connectivity index (χ2v) is 8.66. The maximum Gasteiger partial charge on any atom is 0.494 e. The van der Waals surface area contributed by atoms with Crippen LogP contribution in [0.3, 0.4) is 0 Å². The minimum atomic E-state index is -0.326. The first-order valence-electron chi connectivity index (χ1n) is 11.0. The molecule has 3 aromatic rings. The second kappa shape index (κ2) is 9.39. The van der Waals surface area contributed by atoms with E-state index in [4.69, 9.17) is 14.0 Å². The van der Waals surface area contributed by atoms with Gasteiger partial charge in [0.25, 0.3) is 0 Å². The Morgan fingerprint density at radius 2 is 1.32 bits per heavy atom. The maximum atomic E-state index is 6.62. The summed E-state index contributed by atoms with van der Waals surface area (Å²) < 4.78 is 18.7. The van der Waals surface area contributed by atoms with E-state index in [1.165, 1.54) is 38.9 Å². The van der Waals surface area contributed by atoms with Crippen LogP contribution in [0.25, 0.3) is 0 Å². The normalized spacial score (nSPS) is 16.3. The van der Waals surface area contributed by atoms with Crippen molar-refractivity contribution in [2.24, 2.45) is 0 Å². The fraction of sp³-hybridized carbons (Fsp3) is 0.333. The maximum absolute atomic E-state index is 6.62. The van der Waals surface area contributed by atoms with E-state index in [1.807, 2.05) is 0 Å². The molecule has 4 rings (SSSR count). The Morgan fingerprint density at radius 1 is 0.806 bits per heavy atom. The number of aryl methyl sites for hydroxylation is 5. The van der Waals surface area contributed by atoms with E-state index in [-0.39, 0.29) is 19.3 Å². The minimum Gasteiger partial charge on any atom is -0.405 e. The van der Waals surface area contributed by atoms with Gasteiger partial charge in [0.05, 0.1) is 19.3 Å². The highest BCUT2D eigenvalue weighted by Gasteiger charge is 2.34. The number of rotatable bonds is 6. The van der Waals surface area contributed by atoms with Crippen LogP contribution >= 0.6 is 0 Å². The van der Waals surface area contributed by atoms with E-state index in [9.17, 15) is 0 Å². The predicted molar refractivity (Wildman–Crippen MR) is 127 cm³/mol. The molecule has 1 heterocycles. The summed E-state index contributed by atoms with van der Waals surface area (Å²) in [7, 11) is -0.326. The van der Waals surface area contributed by atoms with E-state index in [2.05, 4.69) is 95.3 Å². The molecule has 0 aliphatic carbocycles. The van der Waals surface area contributed by atoms with Crippen molar-refractivity contribution in [1.29, 1.82) is 0 Å². The summed E-state index contributed by atoms with van der Waals surface area (Å²) in [6.07, 6.45) is -0.230. The molecule has 0 N–H and O–H groups in total. The Kier molecular flexibility index (Phi) is 6.61. The van der Waals surface area contributed by atoms with Gasteiger partial charge in [0.15, 0.2) is 0 Å². The highest BCUT2D eigenvalue weighted by atomic mass is 16.7. The Bertz CT molecular complexity index is 953. The standard InChI is InChI=1S/C27H31BO3/c1-18-12-14-23(15-13-18)28-30-17-24(31-28)16-29-27(25-19(2)8-6-9-20(25)3)26-21(4)10-7-11-22(26)5/h6-15,24,27H,16-17H2,1-5H3. The van der Waals surface area contributed by atoms with Gasteiger partial charge in [-0.15, -0.1) is 0 Å². The minimum absolute atomic E-state index is 0.0950. The molecule has 160 valence electrons. The van der Waals surface area contributed by atoms with Crippen molar-refractivity contribution in [2.75, 3.05) is 13.2 Å². The molecule has 3 aromatic carbocycles. The Balaban J connectivity index is 1.56. The van der Waals surface area contributed by atoms with Crippen LogP contribution in [0.2, 0.25) is 0 Å². The highest BCUT2D eigenvalue weighted by Crippen LogP contribution is 2.35. The Morgan fingerprint density at radius 3 is 1.84 bits per heavy atom. The summed E-state index contributed by atoms with van der Waals surface area (Å²) in [4.78, 5) is 0. The van der Waals surface area contributed by atoms with Crippen LogP contribution in [0.15, 0.2) is 60.7 Å². The summed E-state index contributed by atoms with van der Waals surface area (Å²) in [5.74, 6) is 0. The largest absolute Gasteiger partial charge is 0.494 e. The molecular weight excluding hydrogens is 383 g/mol. The Hall–Kier alpha value is -2.40. The van der Waals surface area contributed by atoms with Crippen LogP contribution in [0.5, 0.6) is 0 Å². The van der Waals surface area contributed by atoms with Crippen LogP contribution in [0, 0.1) is 34.6 Å². The van der Waals surface area contributed by atoms with Crippen LogP contribution < -0.4 is 5.46 Å². The summed E-state index contributed by atoms with van der Waals surface area (Å²) >= 11 is 0. The smallest absolute Gasteiger partial charge is 0.405 e. The molecular formula is C27H31BO3. The van der Waals surface area contributed by atoms with Crippen LogP contribution in [-0.2, 0) is 14.0 Å². The second-order valence-electron chi connectivity index (χ2n) is 8.66. The molecule has 0 saturated carbocycles. The van der Waals surface area contributed by atoms with Gasteiger partial charge < -0.3 is 14.0 Å². The number of hydrogen-bond donors (Lipinski definition) is 0. The lowest BCUT2D eigenvalue weighted by Gasteiger charge is -2.27. The average Bonchev–Trinajstić information content (AvgIpc) is 3.20. The van der Waals surface area contributed by atoms with Gasteiger partial charge in [-0.3, -0.25) is 0 Å². The Labute approximate surface area is 186 Å². The third-order valence-electron chi connectivity index (χ3n) is 6.16. The third-order valence-corrected chi connectivity index (χ3v) is 6.16. The molecule has 1 unspecified atom stereocenters. The molecule has 31 heavy (non-hydrogen) atoms. The monoisotopic (exact) mass is 414 g/mol. The van der Waals surface area contributed by atoms with Gasteiger partial charge in [-0.1, -0.05) is 66.2 Å². The van der Waals surface area contributed by atoms with E-state index in [1.54, 1.807) is 0 Å². The third kappa shape index (κ3) is 4.77. The molecule has 1 saturated heterocycles. The fourth-order valence-electron chi connectivity index (χ4n) is 4.43. The van der Waals surface area contributed by atoms with Crippen molar-refractivity contribution >= 4 is 12.6 Å². The fourth-order valence-corrected chi connectivity index (χ4v) is 4.43. The zero-order chi connectivity index (χ0) is 22.0. The van der Waals surface area contributed by atoms with Crippen LogP contribution in [0.4, 0.5) is 0 Å². The van der Waals surface area contributed by atoms with E-state index < -0.39 is 0 Å². The van der Waals surface area contributed by atoms with Crippen molar-refractivity contribution in [3.63, 3.8) is 0 Å². The number of ether oxygens (including phenoxy) is 1. The number of benzene rings is 3. The first-order chi connectivity index (χ1) is 14.9. The SMILES string of the molecule is Cc1ccc(B2OCC(COC(c3c(C)cccc3C)c3c(C)cccc3C)O2)cc1. The molecule has 1 atom stereocenters. The highest BCUT2D eigenvalue weighted by molar-refractivity contribution is 6.61. The molecule has 0 amide bonds. The molecule has 0 bridgehead atoms. The van der Waals surface area contributed by atoms with E-state index in [0.717, 1.165) is 5.46 Å². The van der Waals surface area contributed by atoms with Crippen LogP contribution in [0.1, 0.15) is 45.0 Å². The first-order valence-corrected chi connectivity index (χ1v) is 11.0. The summed E-state index contributed by atoms with van der Waals surface area (Å²) in [6.45, 7) is 11.7. The molecule has 0 radical (unpaired) electrons. The van der Waals surface area contributed by atoms with Gasteiger partial charge in [0.1, 0.15) is 6.10 Å².